The Hall–Kier alpha value is -1.47. The van der Waals surface area contributed by atoms with E-state index in [-0.39, 0.29) is 21.4 Å². The number of nitro groups is 1. The zero-order valence-corrected chi connectivity index (χ0v) is 12.2. The summed E-state index contributed by atoms with van der Waals surface area (Å²) in [4.78, 5) is 10.2. The van der Waals surface area contributed by atoms with Gasteiger partial charge in [-0.2, -0.15) is 0 Å². The minimum Gasteiger partial charge on any atom is -0.419 e. The number of aromatic nitrogens is 2. The maximum atomic E-state index is 10.8. The molecular formula is C11H9BrClN3O3. The van der Waals surface area contributed by atoms with E-state index >= 15 is 0 Å². The Labute approximate surface area is 122 Å². The third-order valence-electron chi connectivity index (χ3n) is 2.41. The number of nitrogens with zero attached hydrogens (tertiary/aromatic N) is 3. The van der Waals surface area contributed by atoms with Gasteiger partial charge in [-0.3, -0.25) is 10.1 Å². The Morgan fingerprint density at radius 2 is 2.21 bits per heavy atom. The maximum absolute atomic E-state index is 10.8. The van der Waals surface area contributed by atoms with Crippen molar-refractivity contribution >= 4 is 33.2 Å². The highest BCUT2D eigenvalue weighted by molar-refractivity contribution is 9.09. The number of non-ortho nitro benzene ring substituents is 1. The number of nitro benzene ring substituents is 1. The van der Waals surface area contributed by atoms with Gasteiger partial charge in [0.05, 0.1) is 9.75 Å². The third kappa shape index (κ3) is 3.10. The van der Waals surface area contributed by atoms with Crippen molar-refractivity contribution in [1.29, 1.82) is 0 Å². The molecule has 2 rings (SSSR count). The van der Waals surface area contributed by atoms with Crippen LogP contribution in [0.25, 0.3) is 11.5 Å². The van der Waals surface area contributed by atoms with E-state index in [9.17, 15) is 10.1 Å². The molecule has 0 saturated heterocycles. The van der Waals surface area contributed by atoms with E-state index in [1.165, 1.54) is 12.1 Å². The molecule has 1 aromatic heterocycles. The molecule has 0 bridgehead atoms. The van der Waals surface area contributed by atoms with Crippen LogP contribution in [0.4, 0.5) is 5.69 Å². The van der Waals surface area contributed by atoms with Crippen molar-refractivity contribution in [2.45, 2.75) is 18.2 Å². The zero-order chi connectivity index (χ0) is 14.0. The van der Waals surface area contributed by atoms with Crippen LogP contribution in [0.3, 0.4) is 0 Å². The van der Waals surface area contributed by atoms with Crippen LogP contribution in [0.15, 0.2) is 22.6 Å². The highest BCUT2D eigenvalue weighted by atomic mass is 79.9. The lowest BCUT2D eigenvalue weighted by atomic mass is 10.2. The SMILES string of the molecule is CCC(Br)c1nnc(-c2cc(Cl)cc([N+](=O)[O-])c2)o1. The van der Waals surface area contributed by atoms with E-state index in [0.29, 0.717) is 11.5 Å². The molecule has 0 aliphatic heterocycles. The standard InChI is InChI=1S/C11H9BrClN3O3/c1-2-9(12)11-15-14-10(19-11)6-3-7(13)5-8(4-6)16(17)18/h3-5,9H,2H2,1H3. The van der Waals surface area contributed by atoms with Crippen LogP contribution in [-0.2, 0) is 0 Å². The number of benzene rings is 1. The predicted molar refractivity (Wildman–Crippen MR) is 73.4 cm³/mol. The van der Waals surface area contributed by atoms with Crippen LogP contribution in [-0.4, -0.2) is 15.1 Å². The zero-order valence-electron chi connectivity index (χ0n) is 9.84. The second-order valence-electron chi connectivity index (χ2n) is 3.78. The van der Waals surface area contributed by atoms with Crippen molar-refractivity contribution < 1.29 is 9.34 Å². The minimum atomic E-state index is -0.522. The molecule has 6 nitrogen and oxygen atoms in total. The first-order valence-electron chi connectivity index (χ1n) is 5.44. The monoisotopic (exact) mass is 345 g/mol. The molecular weight excluding hydrogens is 337 g/mol. The van der Waals surface area contributed by atoms with Crippen LogP contribution in [0.5, 0.6) is 0 Å². The number of halogens is 2. The summed E-state index contributed by atoms with van der Waals surface area (Å²) in [5, 5.41) is 18.8. The largest absolute Gasteiger partial charge is 0.419 e. The second kappa shape index (κ2) is 5.66. The topological polar surface area (TPSA) is 82.1 Å². The fourth-order valence-electron chi connectivity index (χ4n) is 1.46. The van der Waals surface area contributed by atoms with Gasteiger partial charge in [0.15, 0.2) is 0 Å². The molecule has 1 atom stereocenters. The highest BCUT2D eigenvalue weighted by Gasteiger charge is 2.17. The van der Waals surface area contributed by atoms with Crippen LogP contribution in [0.1, 0.15) is 24.1 Å². The number of alkyl halides is 1. The van der Waals surface area contributed by atoms with Gasteiger partial charge in [0.25, 0.3) is 5.69 Å². The number of rotatable bonds is 4. The summed E-state index contributed by atoms with van der Waals surface area (Å²) < 4.78 is 5.46. The van der Waals surface area contributed by atoms with Crippen LogP contribution >= 0.6 is 27.5 Å². The van der Waals surface area contributed by atoms with Gasteiger partial charge in [-0.15, -0.1) is 10.2 Å². The van der Waals surface area contributed by atoms with Crippen molar-refractivity contribution in [1.82, 2.24) is 10.2 Å². The lowest BCUT2D eigenvalue weighted by Crippen LogP contribution is -1.89. The summed E-state index contributed by atoms with van der Waals surface area (Å²) in [6, 6.07) is 4.15. The Morgan fingerprint density at radius 3 is 2.84 bits per heavy atom. The van der Waals surface area contributed by atoms with E-state index in [4.69, 9.17) is 16.0 Å². The van der Waals surface area contributed by atoms with Crippen molar-refractivity contribution in [3.05, 3.63) is 39.2 Å². The molecule has 8 heteroatoms. The molecule has 0 fully saturated rings. The summed E-state index contributed by atoms with van der Waals surface area (Å²) >= 11 is 9.23. The molecule has 0 amide bonds. The van der Waals surface area contributed by atoms with Crippen LogP contribution < -0.4 is 0 Å². The quantitative estimate of drug-likeness (QED) is 0.472. The summed E-state index contributed by atoms with van der Waals surface area (Å²) in [6.07, 6.45) is 0.789. The molecule has 0 radical (unpaired) electrons. The first-order chi connectivity index (χ1) is 9.01. The van der Waals surface area contributed by atoms with Gasteiger partial charge in [0.2, 0.25) is 11.8 Å². The first-order valence-corrected chi connectivity index (χ1v) is 6.73. The van der Waals surface area contributed by atoms with E-state index in [0.717, 1.165) is 6.42 Å². The lowest BCUT2D eigenvalue weighted by molar-refractivity contribution is -0.384. The van der Waals surface area contributed by atoms with Crippen LogP contribution in [0, 0.1) is 10.1 Å². The van der Waals surface area contributed by atoms with Crippen molar-refractivity contribution in [2.75, 3.05) is 0 Å². The molecule has 1 aromatic carbocycles. The Bertz CT molecular complexity index is 617. The first kappa shape index (κ1) is 14.0. The molecule has 0 spiro atoms. The predicted octanol–water partition coefficient (Wildman–Crippen LogP) is 4.14. The summed E-state index contributed by atoms with van der Waals surface area (Å²) in [6.45, 7) is 1.97. The Balaban J connectivity index is 2.41. The molecule has 0 saturated carbocycles. The van der Waals surface area contributed by atoms with Crippen LogP contribution in [0.2, 0.25) is 5.02 Å². The third-order valence-corrected chi connectivity index (χ3v) is 3.66. The van der Waals surface area contributed by atoms with Crippen molar-refractivity contribution in [3.63, 3.8) is 0 Å². The average molecular weight is 347 g/mol. The molecule has 100 valence electrons. The van der Waals surface area contributed by atoms with Gasteiger partial charge in [-0.1, -0.05) is 34.5 Å². The maximum Gasteiger partial charge on any atom is 0.271 e. The number of hydrogen-bond donors (Lipinski definition) is 0. The summed E-state index contributed by atoms with van der Waals surface area (Å²) in [7, 11) is 0. The van der Waals surface area contributed by atoms with Crippen molar-refractivity contribution in [2.24, 2.45) is 0 Å². The van der Waals surface area contributed by atoms with E-state index in [1.807, 2.05) is 6.92 Å². The fourth-order valence-corrected chi connectivity index (χ4v) is 1.87. The van der Waals surface area contributed by atoms with Crippen molar-refractivity contribution in [3.8, 4) is 11.5 Å². The molecule has 1 unspecified atom stereocenters. The molecule has 0 aliphatic carbocycles. The lowest BCUT2D eigenvalue weighted by Gasteiger charge is -1.99. The molecule has 19 heavy (non-hydrogen) atoms. The molecule has 0 N–H and O–H groups in total. The summed E-state index contributed by atoms with van der Waals surface area (Å²) in [5.74, 6) is 0.638. The molecule has 1 heterocycles. The second-order valence-corrected chi connectivity index (χ2v) is 5.32. The van der Waals surface area contributed by atoms with E-state index in [2.05, 4.69) is 26.1 Å². The molecule has 0 aliphatic rings. The van der Waals surface area contributed by atoms with Gasteiger partial charge in [0.1, 0.15) is 0 Å². The smallest absolute Gasteiger partial charge is 0.271 e. The normalized spacial score (nSPS) is 12.4. The Morgan fingerprint density at radius 1 is 1.47 bits per heavy atom. The number of hydrogen-bond acceptors (Lipinski definition) is 5. The van der Waals surface area contributed by atoms with Gasteiger partial charge < -0.3 is 4.42 Å². The minimum absolute atomic E-state index is 0.0390. The fraction of sp³-hybridized carbons (Fsp3) is 0.273. The van der Waals surface area contributed by atoms with E-state index < -0.39 is 4.92 Å². The highest BCUT2D eigenvalue weighted by Crippen LogP contribution is 2.30. The van der Waals surface area contributed by atoms with E-state index in [1.54, 1.807) is 6.07 Å². The Kier molecular flexibility index (Phi) is 4.16. The van der Waals surface area contributed by atoms with Gasteiger partial charge >= 0.3 is 0 Å². The molecule has 2 aromatic rings. The van der Waals surface area contributed by atoms with Gasteiger partial charge in [0, 0.05) is 22.7 Å². The van der Waals surface area contributed by atoms with Gasteiger partial charge in [-0.05, 0) is 12.5 Å². The van der Waals surface area contributed by atoms with Gasteiger partial charge in [-0.25, -0.2) is 0 Å². The average Bonchev–Trinajstić information content (AvgIpc) is 2.86. The summed E-state index contributed by atoms with van der Waals surface area (Å²) in [5.41, 5.74) is 0.307.